The molecule has 0 heterocycles. The maximum absolute atomic E-state index is 2.99. The van der Waals surface area contributed by atoms with E-state index in [1.807, 2.05) is 24.3 Å². The normalized spacial score (nSPS) is 10.9. The molecule has 2 aliphatic carbocycles. The molecule has 0 aromatic heterocycles. The summed E-state index contributed by atoms with van der Waals surface area (Å²) in [4.78, 5) is 0. The molecular weight excluding hydrogens is 836 g/mol. The Bertz CT molecular complexity index is 1080. The largest absolute Gasteiger partial charge is 0.273 e. The fourth-order valence-corrected chi connectivity index (χ4v) is 2.82. The van der Waals surface area contributed by atoms with Gasteiger partial charge in [-0.05, 0) is 0 Å². The molecule has 0 atom stereocenters. The van der Waals surface area contributed by atoms with E-state index in [1.165, 1.54) is 69.3 Å². The zero-order valence-corrected chi connectivity index (χ0v) is 31.6. The average molecular weight is 875 g/mol. The average Bonchev–Trinajstić information content (AvgIpc) is 3.68. The Morgan fingerprint density at radius 2 is 0.947 bits per heavy atom. The summed E-state index contributed by atoms with van der Waals surface area (Å²) in [6.45, 7) is 8.58. The minimum absolute atomic E-state index is 0. The summed E-state index contributed by atoms with van der Waals surface area (Å²) in [5.41, 5.74) is 0. The summed E-state index contributed by atoms with van der Waals surface area (Å²) in [5, 5.41) is 5.32. The van der Waals surface area contributed by atoms with Gasteiger partial charge < -0.3 is 0 Å². The van der Waals surface area contributed by atoms with Crippen molar-refractivity contribution in [3.63, 3.8) is 0 Å². The van der Waals surface area contributed by atoms with Crippen LogP contribution < -0.4 is 0 Å². The van der Waals surface area contributed by atoms with Gasteiger partial charge in [-0.2, -0.15) is 47.2 Å². The van der Waals surface area contributed by atoms with Crippen LogP contribution in [0.2, 0.25) is 0 Å². The van der Waals surface area contributed by atoms with Crippen LogP contribution in [-0.4, -0.2) is 6.51 Å². The van der Waals surface area contributed by atoms with Gasteiger partial charge in [0.1, 0.15) is 0 Å². The van der Waals surface area contributed by atoms with Crippen LogP contribution in [0.5, 0.6) is 0 Å². The molecule has 0 spiro atoms. The second-order valence-corrected chi connectivity index (χ2v) is 15.5. The van der Waals surface area contributed by atoms with E-state index in [1.54, 1.807) is 6.51 Å². The van der Waals surface area contributed by atoms with E-state index >= 15 is 0 Å². The van der Waals surface area contributed by atoms with Gasteiger partial charge in [0.25, 0.3) is 0 Å². The third-order valence-corrected chi connectivity index (χ3v) is 4.27. The molecule has 0 aliphatic heterocycles. The van der Waals surface area contributed by atoms with Gasteiger partial charge in [-0.3, -0.25) is 12.2 Å². The zero-order chi connectivity index (χ0) is 26.4. The van der Waals surface area contributed by atoms with E-state index in [4.69, 9.17) is 0 Å². The Morgan fingerprint density at radius 1 is 0.605 bits per heavy atom. The third kappa shape index (κ3) is 21.6. The van der Waals surface area contributed by atoms with Gasteiger partial charge in [-0.15, -0.1) is 97.0 Å². The minimum Gasteiger partial charge on any atom is -0.273 e. The summed E-state index contributed by atoms with van der Waals surface area (Å²) >= 11 is 2.53. The second-order valence-electron chi connectivity index (χ2n) is 8.32. The number of halogens is 2. The topological polar surface area (TPSA) is 0 Å². The molecule has 0 radical (unpaired) electrons. The molecule has 0 saturated carbocycles. The maximum atomic E-state index is 2.99. The van der Waals surface area contributed by atoms with Crippen LogP contribution >= 0.6 is 24.8 Å². The first kappa shape index (κ1) is 38.8. The van der Waals surface area contributed by atoms with Crippen molar-refractivity contribution in [2.24, 2.45) is 0 Å². The Hall–Kier alpha value is -1.32. The molecule has 4 aromatic carbocycles. The Kier molecular flexibility index (Phi) is 26.5. The molecular formula is C34H38Cl2Hf2. The van der Waals surface area contributed by atoms with Gasteiger partial charge in [-0.25, -0.2) is 24.3 Å². The SMILES string of the molecule is C[C](C)=[Hf+2].C[C](C)=[Hf+2].Cl.Cl.[C-]1=CC=CC1.[C-]1=CC=CC1.c1ccc2[cH-]ccc2c1.c1ccc2[cH-]ccc2c1. The minimum atomic E-state index is 0. The van der Waals surface area contributed by atoms with Crippen LogP contribution in [0.15, 0.2) is 121 Å². The van der Waals surface area contributed by atoms with Crippen molar-refractivity contribution in [3.8, 4) is 0 Å². The van der Waals surface area contributed by atoms with E-state index in [-0.39, 0.29) is 24.8 Å². The number of fused-ring (bicyclic) bond motifs is 2. The van der Waals surface area contributed by atoms with Crippen LogP contribution in [0, 0.1) is 12.2 Å². The third-order valence-electron chi connectivity index (χ3n) is 4.27. The van der Waals surface area contributed by atoms with Gasteiger partial charge in [-0.1, -0.05) is 12.1 Å². The van der Waals surface area contributed by atoms with Gasteiger partial charge in [0, 0.05) is 0 Å². The molecule has 0 bridgehead atoms. The van der Waals surface area contributed by atoms with Crippen molar-refractivity contribution in [1.82, 2.24) is 0 Å². The smallest absolute Gasteiger partial charge is 0.0809 e. The molecule has 0 fully saturated rings. The van der Waals surface area contributed by atoms with E-state index < -0.39 is 0 Å². The van der Waals surface area contributed by atoms with Crippen molar-refractivity contribution in [1.29, 1.82) is 0 Å². The first-order valence-corrected chi connectivity index (χ1v) is 15.7. The summed E-state index contributed by atoms with van der Waals surface area (Å²) in [7, 11) is 0. The van der Waals surface area contributed by atoms with E-state index in [0.29, 0.717) is 0 Å². The monoisotopic (exact) mass is 876 g/mol. The molecule has 4 aromatic rings. The van der Waals surface area contributed by atoms with Crippen LogP contribution in [-0.2, 0) is 47.8 Å². The zero-order valence-electron chi connectivity index (χ0n) is 22.8. The first-order chi connectivity index (χ1) is 17.4. The van der Waals surface area contributed by atoms with Crippen molar-refractivity contribution >= 4 is 52.9 Å². The van der Waals surface area contributed by atoms with Crippen LogP contribution in [0.3, 0.4) is 0 Å². The van der Waals surface area contributed by atoms with Crippen molar-refractivity contribution < 1.29 is 47.8 Å². The number of hydrogen-bond acceptors (Lipinski definition) is 0. The van der Waals surface area contributed by atoms with Crippen molar-refractivity contribution in [2.45, 2.75) is 40.5 Å². The standard InChI is InChI=1S/2C9H7.2C5H5.2C3H6.2ClH.2Hf/c2*1-2-5-9-7-3-6-8(9)4-1;2*1-2-4-5-3-1;2*1-3-2;;;;/h2*1-7H;2*1-3H,4H2;2*1-2H3;2*1H;;/q4*-1;;;;;2*+2. The van der Waals surface area contributed by atoms with Crippen LogP contribution in [0.25, 0.3) is 21.5 Å². The molecule has 0 unspecified atom stereocenters. The first-order valence-electron chi connectivity index (χ1n) is 12.1. The molecule has 0 amide bonds. The van der Waals surface area contributed by atoms with Gasteiger partial charge >= 0.3 is 82.0 Å². The molecule has 196 valence electrons. The van der Waals surface area contributed by atoms with E-state index in [0.717, 1.165) is 12.8 Å². The van der Waals surface area contributed by atoms with E-state index in [9.17, 15) is 0 Å². The van der Waals surface area contributed by atoms with Gasteiger partial charge in [0.15, 0.2) is 0 Å². The number of benzene rings is 2. The maximum Gasteiger partial charge on any atom is -0.0809 e. The molecule has 6 rings (SSSR count). The fourth-order valence-electron chi connectivity index (χ4n) is 2.82. The second kappa shape index (κ2) is 25.9. The van der Waals surface area contributed by atoms with Gasteiger partial charge in [0.05, 0.1) is 0 Å². The molecule has 0 saturated heterocycles. The predicted octanol–water partition coefficient (Wildman–Crippen LogP) is 10.1. The Morgan fingerprint density at radius 3 is 1.18 bits per heavy atom. The van der Waals surface area contributed by atoms with Gasteiger partial charge in [0.2, 0.25) is 0 Å². The summed E-state index contributed by atoms with van der Waals surface area (Å²) in [6, 6.07) is 29.3. The Balaban J connectivity index is 0. The summed E-state index contributed by atoms with van der Waals surface area (Å²) in [6.07, 6.45) is 20.0. The number of hydrogen-bond donors (Lipinski definition) is 0. The quantitative estimate of drug-likeness (QED) is 0.122. The van der Waals surface area contributed by atoms with Crippen LogP contribution in [0.1, 0.15) is 40.5 Å². The molecule has 38 heavy (non-hydrogen) atoms. The summed E-state index contributed by atoms with van der Waals surface area (Å²) in [5.74, 6) is 0. The van der Waals surface area contributed by atoms with E-state index in [2.05, 4.69) is 137 Å². The molecule has 2 aliphatic rings. The van der Waals surface area contributed by atoms with Crippen LogP contribution in [0.4, 0.5) is 0 Å². The molecule has 4 heteroatoms. The molecule has 0 nitrogen and oxygen atoms in total. The van der Waals surface area contributed by atoms with Crippen molar-refractivity contribution in [2.75, 3.05) is 0 Å². The Labute approximate surface area is 272 Å². The summed E-state index contributed by atoms with van der Waals surface area (Å²) < 4.78 is 3.11. The molecule has 0 N–H and O–H groups in total. The predicted molar refractivity (Wildman–Crippen MR) is 169 cm³/mol. The van der Waals surface area contributed by atoms with Crippen molar-refractivity contribution in [3.05, 3.63) is 134 Å². The fraction of sp³-hybridized carbons (Fsp3) is 0.176. The number of allylic oxidation sites excluding steroid dienone is 8. The number of rotatable bonds is 0.